The zero-order valence-corrected chi connectivity index (χ0v) is 16.7. The highest BCUT2D eigenvalue weighted by Crippen LogP contribution is 2.17. The summed E-state index contributed by atoms with van der Waals surface area (Å²) < 4.78 is 1.86. The van der Waals surface area contributed by atoms with Gasteiger partial charge in [0.1, 0.15) is 0 Å². The summed E-state index contributed by atoms with van der Waals surface area (Å²) in [5.41, 5.74) is 7.13. The van der Waals surface area contributed by atoms with Gasteiger partial charge in [-0.15, -0.1) is 0 Å². The molecule has 0 radical (unpaired) electrons. The van der Waals surface area contributed by atoms with Gasteiger partial charge in [-0.25, -0.2) is 9.50 Å². The number of aromatic nitrogens is 3. The molecule has 0 saturated carbocycles. The molecule has 2 aromatic heterocycles. The number of aryl methyl sites for hydroxylation is 3. The summed E-state index contributed by atoms with van der Waals surface area (Å²) in [6, 6.07) is 10.2. The zero-order valence-electron chi connectivity index (χ0n) is 16.7. The lowest BCUT2D eigenvalue weighted by Gasteiger charge is -2.14. The van der Waals surface area contributed by atoms with Gasteiger partial charge in [0.15, 0.2) is 5.65 Å². The summed E-state index contributed by atoms with van der Waals surface area (Å²) in [5.74, 6) is 0.0424. The molecule has 0 fully saturated rings. The van der Waals surface area contributed by atoms with Crippen molar-refractivity contribution in [2.75, 3.05) is 19.0 Å². The number of anilines is 1. The highest BCUT2D eigenvalue weighted by atomic mass is 16.1. The van der Waals surface area contributed by atoms with Crippen LogP contribution in [0.5, 0.6) is 0 Å². The molecule has 0 bridgehead atoms. The van der Waals surface area contributed by atoms with Crippen LogP contribution >= 0.6 is 0 Å². The Morgan fingerprint density at radius 2 is 1.96 bits per heavy atom. The molecule has 0 saturated heterocycles. The smallest absolute Gasteiger partial charge is 0.220 e. The lowest BCUT2D eigenvalue weighted by atomic mass is 10.1. The summed E-state index contributed by atoms with van der Waals surface area (Å²) in [4.78, 5) is 19.0. The summed E-state index contributed by atoms with van der Waals surface area (Å²) >= 11 is 0. The highest BCUT2D eigenvalue weighted by Gasteiger charge is 2.13. The van der Waals surface area contributed by atoms with Crippen LogP contribution in [0.2, 0.25) is 0 Å². The third kappa shape index (κ3) is 4.27. The monoisotopic (exact) mass is 365 g/mol. The molecule has 0 spiro atoms. The lowest BCUT2D eigenvalue weighted by Crippen LogP contribution is -2.23. The second-order valence-corrected chi connectivity index (χ2v) is 7.16. The maximum atomic E-state index is 12.3. The fourth-order valence-electron chi connectivity index (χ4n) is 3.28. The fourth-order valence-corrected chi connectivity index (χ4v) is 3.28. The van der Waals surface area contributed by atoms with Gasteiger partial charge in [0.2, 0.25) is 5.91 Å². The first-order valence-corrected chi connectivity index (χ1v) is 9.20. The normalized spacial score (nSPS) is 11.0. The number of amides is 1. The predicted molar refractivity (Wildman–Crippen MR) is 108 cm³/mol. The van der Waals surface area contributed by atoms with Gasteiger partial charge in [-0.05, 0) is 50.5 Å². The molecular formula is C21H27N5O. The van der Waals surface area contributed by atoms with Gasteiger partial charge in [-0.3, -0.25) is 4.79 Å². The Hall–Kier alpha value is -2.89. The minimum Gasteiger partial charge on any atom is -0.378 e. The standard InChI is InChI=1S/C21H27N5O/c1-14-11-20-23-15(2)19(16(3)26(20)24-14)9-10-21(27)22-13-17-7-6-8-18(12-17)25(4)5/h6-8,11-12H,9-10,13H2,1-5H3,(H,22,27). The topological polar surface area (TPSA) is 62.5 Å². The van der Waals surface area contributed by atoms with Crippen molar-refractivity contribution in [3.05, 3.63) is 58.5 Å². The molecule has 0 unspecified atom stereocenters. The van der Waals surface area contributed by atoms with Gasteiger partial charge in [-0.2, -0.15) is 5.10 Å². The van der Waals surface area contributed by atoms with Crippen LogP contribution in [0.25, 0.3) is 5.65 Å². The fraction of sp³-hybridized carbons (Fsp3) is 0.381. The summed E-state index contributed by atoms with van der Waals surface area (Å²) in [7, 11) is 4.02. The molecule has 1 amide bonds. The van der Waals surface area contributed by atoms with Crippen LogP contribution in [0.1, 0.15) is 34.6 Å². The van der Waals surface area contributed by atoms with Crippen LogP contribution in [-0.4, -0.2) is 34.6 Å². The number of carbonyl (C=O) groups is 1. The van der Waals surface area contributed by atoms with E-state index in [0.717, 1.165) is 39.5 Å². The molecule has 1 aromatic carbocycles. The number of benzene rings is 1. The minimum absolute atomic E-state index is 0.0424. The highest BCUT2D eigenvalue weighted by molar-refractivity contribution is 5.76. The van der Waals surface area contributed by atoms with E-state index in [0.29, 0.717) is 19.4 Å². The number of hydrogen-bond donors (Lipinski definition) is 1. The Labute approximate surface area is 160 Å². The first-order chi connectivity index (χ1) is 12.8. The summed E-state index contributed by atoms with van der Waals surface area (Å²) in [6.07, 6.45) is 1.09. The predicted octanol–water partition coefficient (Wildman–Crippen LogP) is 2.97. The molecule has 1 N–H and O–H groups in total. The van der Waals surface area contributed by atoms with Gasteiger partial charge in [0.05, 0.1) is 5.69 Å². The van der Waals surface area contributed by atoms with Crippen LogP contribution in [0.4, 0.5) is 5.69 Å². The van der Waals surface area contributed by atoms with Crippen LogP contribution < -0.4 is 10.2 Å². The van der Waals surface area contributed by atoms with Gasteiger partial charge in [-0.1, -0.05) is 12.1 Å². The molecule has 0 aliphatic rings. The van der Waals surface area contributed by atoms with E-state index < -0.39 is 0 Å². The Bertz CT molecular complexity index is 974. The molecule has 6 nitrogen and oxygen atoms in total. The molecule has 27 heavy (non-hydrogen) atoms. The van der Waals surface area contributed by atoms with Crippen molar-refractivity contribution >= 4 is 17.2 Å². The molecule has 6 heteroatoms. The van der Waals surface area contributed by atoms with Crippen LogP contribution in [0, 0.1) is 20.8 Å². The Balaban J connectivity index is 1.62. The molecule has 0 aliphatic heterocycles. The quantitative estimate of drug-likeness (QED) is 0.729. The van der Waals surface area contributed by atoms with E-state index in [1.807, 2.05) is 57.6 Å². The molecule has 3 rings (SSSR count). The number of nitrogens with zero attached hydrogens (tertiary/aromatic N) is 4. The molecule has 142 valence electrons. The van der Waals surface area contributed by atoms with Crippen molar-refractivity contribution in [3.63, 3.8) is 0 Å². The third-order valence-corrected chi connectivity index (χ3v) is 4.80. The van der Waals surface area contributed by atoms with Crippen LogP contribution in [0.15, 0.2) is 30.3 Å². The third-order valence-electron chi connectivity index (χ3n) is 4.80. The van der Waals surface area contributed by atoms with Gasteiger partial charge >= 0.3 is 0 Å². The van der Waals surface area contributed by atoms with E-state index in [1.165, 1.54) is 0 Å². The van der Waals surface area contributed by atoms with E-state index in [4.69, 9.17) is 0 Å². The van der Waals surface area contributed by atoms with Crippen LogP contribution in [0.3, 0.4) is 0 Å². The largest absolute Gasteiger partial charge is 0.378 e. The van der Waals surface area contributed by atoms with Gasteiger partial charge < -0.3 is 10.2 Å². The first kappa shape index (κ1) is 18.9. The van der Waals surface area contributed by atoms with E-state index in [9.17, 15) is 4.79 Å². The average molecular weight is 365 g/mol. The average Bonchev–Trinajstić information content (AvgIpc) is 3.00. The lowest BCUT2D eigenvalue weighted by molar-refractivity contribution is -0.121. The molecule has 0 atom stereocenters. The first-order valence-electron chi connectivity index (χ1n) is 9.20. The molecule has 0 aliphatic carbocycles. The van der Waals surface area contributed by atoms with E-state index in [-0.39, 0.29) is 5.91 Å². The molecule has 3 aromatic rings. The number of rotatable bonds is 6. The number of carbonyl (C=O) groups excluding carboxylic acids is 1. The van der Waals surface area contributed by atoms with E-state index in [2.05, 4.69) is 32.4 Å². The Morgan fingerprint density at radius 1 is 1.19 bits per heavy atom. The van der Waals surface area contributed by atoms with Crippen LogP contribution in [-0.2, 0) is 17.8 Å². The number of hydrogen-bond acceptors (Lipinski definition) is 4. The zero-order chi connectivity index (χ0) is 19.6. The SMILES string of the molecule is Cc1cc2nc(C)c(CCC(=O)NCc3cccc(N(C)C)c3)c(C)n2n1. The van der Waals surface area contributed by atoms with Gasteiger partial charge in [0.25, 0.3) is 0 Å². The van der Waals surface area contributed by atoms with Crippen molar-refractivity contribution in [2.24, 2.45) is 0 Å². The van der Waals surface area contributed by atoms with E-state index >= 15 is 0 Å². The van der Waals surface area contributed by atoms with Crippen molar-refractivity contribution in [1.82, 2.24) is 19.9 Å². The maximum Gasteiger partial charge on any atom is 0.220 e. The second-order valence-electron chi connectivity index (χ2n) is 7.16. The Morgan fingerprint density at radius 3 is 2.70 bits per heavy atom. The van der Waals surface area contributed by atoms with Gasteiger partial charge in [0, 0.05) is 50.2 Å². The number of nitrogens with one attached hydrogen (secondary N) is 1. The maximum absolute atomic E-state index is 12.3. The van der Waals surface area contributed by atoms with E-state index in [1.54, 1.807) is 0 Å². The summed E-state index contributed by atoms with van der Waals surface area (Å²) in [6.45, 7) is 6.53. The van der Waals surface area contributed by atoms with Crippen molar-refractivity contribution in [1.29, 1.82) is 0 Å². The number of fused-ring (bicyclic) bond motifs is 1. The Kier molecular flexibility index (Phi) is 5.44. The second kappa shape index (κ2) is 7.78. The summed E-state index contributed by atoms with van der Waals surface area (Å²) in [5, 5.41) is 7.50. The molecular weight excluding hydrogens is 338 g/mol. The van der Waals surface area contributed by atoms with Crippen molar-refractivity contribution in [3.8, 4) is 0 Å². The minimum atomic E-state index is 0.0424. The van der Waals surface area contributed by atoms with Crippen molar-refractivity contribution < 1.29 is 4.79 Å². The molecule has 2 heterocycles. The van der Waals surface area contributed by atoms with Crippen molar-refractivity contribution in [2.45, 2.75) is 40.2 Å².